The van der Waals surface area contributed by atoms with Crippen LogP contribution < -0.4 is 4.74 Å². The number of hydrogen-bond donors (Lipinski definition) is 0. The second-order valence-electron chi connectivity index (χ2n) is 4.91. The normalized spacial score (nSPS) is 10.9. The Kier molecular flexibility index (Phi) is 4.88. The molecule has 0 fully saturated rings. The van der Waals surface area contributed by atoms with Crippen LogP contribution in [0.2, 0.25) is 5.15 Å². The highest BCUT2D eigenvalue weighted by atomic mass is 35.5. The Bertz CT molecular complexity index is 785. The molecule has 0 atom stereocenters. The van der Waals surface area contributed by atoms with Gasteiger partial charge in [-0.05, 0) is 19.1 Å². The van der Waals surface area contributed by atoms with E-state index in [1.807, 2.05) is 42.8 Å². The van der Waals surface area contributed by atoms with Crippen molar-refractivity contribution in [2.75, 3.05) is 0 Å². The molecule has 0 saturated carbocycles. The zero-order valence-corrected chi connectivity index (χ0v) is 14.3. The monoisotopic (exact) mass is 350 g/mol. The fourth-order valence-electron chi connectivity index (χ4n) is 1.82. The first-order chi connectivity index (χ1) is 11.1. The Morgan fingerprint density at radius 1 is 1.26 bits per heavy atom. The lowest BCUT2D eigenvalue weighted by molar-refractivity contribution is 0.252. The van der Waals surface area contributed by atoms with E-state index in [2.05, 4.69) is 15.2 Å². The van der Waals surface area contributed by atoms with Crippen LogP contribution in [0.5, 0.6) is 5.75 Å². The minimum absolute atomic E-state index is 0.241. The molecule has 0 N–H and O–H groups in total. The van der Waals surface area contributed by atoms with Crippen LogP contribution in [0.25, 0.3) is 0 Å². The lowest BCUT2D eigenvalue weighted by Crippen LogP contribution is -1.95. The Labute approximate surface area is 142 Å². The van der Waals surface area contributed by atoms with Gasteiger partial charge in [0, 0.05) is 7.05 Å². The third-order valence-electron chi connectivity index (χ3n) is 3.18. The van der Waals surface area contributed by atoms with E-state index in [1.54, 1.807) is 6.20 Å². The summed E-state index contributed by atoms with van der Waals surface area (Å²) in [5, 5.41) is 9.04. The van der Waals surface area contributed by atoms with Crippen molar-refractivity contribution in [3.05, 3.63) is 52.9 Å². The number of aromatic nitrogens is 4. The molecule has 0 bridgehead atoms. The molecular formula is C15H15ClN4O2S. The van der Waals surface area contributed by atoms with Crippen molar-refractivity contribution in [1.82, 2.24) is 19.7 Å². The fourth-order valence-corrected chi connectivity index (χ4v) is 2.74. The SMILES string of the molecule is Cc1ccc(OCc2nnc(SCc3ncc(Cl)n3C)o2)cc1. The van der Waals surface area contributed by atoms with E-state index in [0.717, 1.165) is 11.6 Å². The Balaban J connectivity index is 1.53. The van der Waals surface area contributed by atoms with Gasteiger partial charge in [-0.15, -0.1) is 10.2 Å². The first-order valence-electron chi connectivity index (χ1n) is 6.92. The molecule has 8 heteroatoms. The minimum atomic E-state index is 0.241. The first-order valence-corrected chi connectivity index (χ1v) is 8.29. The number of nitrogens with zero attached hydrogens (tertiary/aromatic N) is 4. The number of thioether (sulfide) groups is 1. The predicted molar refractivity (Wildman–Crippen MR) is 87.6 cm³/mol. The van der Waals surface area contributed by atoms with Gasteiger partial charge in [-0.2, -0.15) is 0 Å². The second kappa shape index (κ2) is 7.06. The second-order valence-corrected chi connectivity index (χ2v) is 6.22. The average Bonchev–Trinajstić information content (AvgIpc) is 3.13. The van der Waals surface area contributed by atoms with Crippen LogP contribution >= 0.6 is 23.4 Å². The predicted octanol–water partition coefficient (Wildman–Crippen LogP) is 3.64. The summed E-state index contributed by atoms with van der Waals surface area (Å²) in [6.45, 7) is 2.27. The fraction of sp³-hybridized carbons (Fsp3) is 0.267. The maximum Gasteiger partial charge on any atom is 0.277 e. The van der Waals surface area contributed by atoms with Crippen molar-refractivity contribution in [1.29, 1.82) is 0 Å². The lowest BCUT2D eigenvalue weighted by Gasteiger charge is -2.03. The van der Waals surface area contributed by atoms with Gasteiger partial charge in [-0.3, -0.25) is 0 Å². The van der Waals surface area contributed by atoms with Crippen LogP contribution in [-0.4, -0.2) is 19.7 Å². The summed E-state index contributed by atoms with van der Waals surface area (Å²) in [5.74, 6) is 2.65. The summed E-state index contributed by atoms with van der Waals surface area (Å²) < 4.78 is 13.0. The maximum atomic E-state index is 5.95. The molecule has 120 valence electrons. The molecule has 3 rings (SSSR count). The van der Waals surface area contributed by atoms with E-state index in [0.29, 0.717) is 22.0 Å². The summed E-state index contributed by atoms with van der Waals surface area (Å²) in [5.41, 5.74) is 1.18. The molecule has 0 aliphatic carbocycles. The Hall–Kier alpha value is -1.99. The van der Waals surface area contributed by atoms with Gasteiger partial charge >= 0.3 is 0 Å². The smallest absolute Gasteiger partial charge is 0.277 e. The van der Waals surface area contributed by atoms with Crippen molar-refractivity contribution >= 4 is 23.4 Å². The third kappa shape index (κ3) is 4.05. The van der Waals surface area contributed by atoms with Crippen molar-refractivity contribution in [3.8, 4) is 5.75 Å². The van der Waals surface area contributed by atoms with E-state index < -0.39 is 0 Å². The van der Waals surface area contributed by atoms with Crippen LogP contribution in [0, 0.1) is 6.92 Å². The summed E-state index contributed by atoms with van der Waals surface area (Å²) in [6, 6.07) is 7.79. The van der Waals surface area contributed by atoms with E-state index in [9.17, 15) is 0 Å². The Morgan fingerprint density at radius 2 is 2.04 bits per heavy atom. The molecule has 0 spiro atoms. The molecule has 0 amide bonds. The molecule has 1 aromatic carbocycles. The number of imidazole rings is 1. The summed E-state index contributed by atoms with van der Waals surface area (Å²) in [7, 11) is 1.86. The van der Waals surface area contributed by atoms with Gasteiger partial charge in [0.25, 0.3) is 11.1 Å². The number of aryl methyl sites for hydroxylation is 1. The quantitative estimate of drug-likeness (QED) is 0.632. The zero-order chi connectivity index (χ0) is 16.2. The molecule has 0 aliphatic heterocycles. The van der Waals surface area contributed by atoms with Gasteiger partial charge < -0.3 is 13.7 Å². The van der Waals surface area contributed by atoms with Crippen LogP contribution in [0.3, 0.4) is 0 Å². The number of ether oxygens (including phenoxy) is 1. The molecule has 3 aromatic rings. The van der Waals surface area contributed by atoms with Crippen LogP contribution in [0.4, 0.5) is 0 Å². The molecule has 2 aromatic heterocycles. The molecule has 0 radical (unpaired) electrons. The largest absolute Gasteiger partial charge is 0.484 e. The lowest BCUT2D eigenvalue weighted by atomic mass is 10.2. The van der Waals surface area contributed by atoms with Gasteiger partial charge in [0.2, 0.25) is 0 Å². The van der Waals surface area contributed by atoms with E-state index in [4.69, 9.17) is 20.8 Å². The van der Waals surface area contributed by atoms with Gasteiger partial charge in [0.05, 0.1) is 11.9 Å². The topological polar surface area (TPSA) is 66.0 Å². The van der Waals surface area contributed by atoms with Gasteiger partial charge in [-0.25, -0.2) is 4.98 Å². The van der Waals surface area contributed by atoms with Gasteiger partial charge in [0.1, 0.15) is 16.7 Å². The molecule has 2 heterocycles. The van der Waals surface area contributed by atoms with E-state index in [-0.39, 0.29) is 6.61 Å². The van der Waals surface area contributed by atoms with Crippen LogP contribution in [0.1, 0.15) is 17.3 Å². The zero-order valence-electron chi connectivity index (χ0n) is 12.7. The molecule has 0 unspecified atom stereocenters. The molecule has 0 saturated heterocycles. The standard InChI is InChI=1S/C15H15ClN4O2S/c1-10-3-5-11(6-4-10)21-8-14-18-19-15(22-14)23-9-13-17-7-12(16)20(13)2/h3-7H,8-9H2,1-2H3. The number of halogens is 1. The number of rotatable bonds is 6. The van der Waals surface area contributed by atoms with Gasteiger partial charge in [0.15, 0.2) is 6.61 Å². The molecule has 0 aliphatic rings. The number of hydrogen-bond acceptors (Lipinski definition) is 6. The highest BCUT2D eigenvalue weighted by molar-refractivity contribution is 7.98. The summed E-state index contributed by atoms with van der Waals surface area (Å²) in [4.78, 5) is 4.22. The minimum Gasteiger partial charge on any atom is -0.484 e. The highest BCUT2D eigenvalue weighted by Gasteiger charge is 2.10. The molecular weight excluding hydrogens is 336 g/mol. The first kappa shape index (κ1) is 15.9. The van der Waals surface area contributed by atoms with Crippen molar-refractivity contribution in [2.24, 2.45) is 7.05 Å². The molecule has 6 nitrogen and oxygen atoms in total. The van der Waals surface area contributed by atoms with E-state index in [1.165, 1.54) is 17.3 Å². The summed E-state index contributed by atoms with van der Waals surface area (Å²) in [6.07, 6.45) is 1.62. The van der Waals surface area contributed by atoms with Crippen LogP contribution in [-0.2, 0) is 19.4 Å². The Morgan fingerprint density at radius 3 is 2.74 bits per heavy atom. The average molecular weight is 351 g/mol. The number of benzene rings is 1. The maximum absolute atomic E-state index is 5.95. The van der Waals surface area contributed by atoms with Gasteiger partial charge in [-0.1, -0.05) is 41.1 Å². The molecule has 23 heavy (non-hydrogen) atoms. The highest BCUT2D eigenvalue weighted by Crippen LogP contribution is 2.22. The summed E-state index contributed by atoms with van der Waals surface area (Å²) >= 11 is 7.36. The van der Waals surface area contributed by atoms with E-state index >= 15 is 0 Å². The van der Waals surface area contributed by atoms with Crippen LogP contribution in [0.15, 0.2) is 40.1 Å². The van der Waals surface area contributed by atoms with Crippen molar-refractivity contribution < 1.29 is 9.15 Å². The third-order valence-corrected chi connectivity index (χ3v) is 4.35. The van der Waals surface area contributed by atoms with Crippen molar-refractivity contribution in [2.45, 2.75) is 24.5 Å². The van der Waals surface area contributed by atoms with Crippen molar-refractivity contribution in [3.63, 3.8) is 0 Å².